The third kappa shape index (κ3) is 4.96. The molecule has 0 aliphatic heterocycles. The first kappa shape index (κ1) is 15.5. The van der Waals surface area contributed by atoms with Crippen LogP contribution < -0.4 is 10.6 Å². The lowest BCUT2D eigenvalue weighted by molar-refractivity contribution is -0.138. The number of halogens is 4. The van der Waals surface area contributed by atoms with Gasteiger partial charge in [0.15, 0.2) is 0 Å². The van der Waals surface area contributed by atoms with Crippen LogP contribution in [0.4, 0.5) is 13.2 Å². The zero-order chi connectivity index (χ0) is 13.6. The minimum Gasteiger partial charge on any atom is -0.316 e. The van der Waals surface area contributed by atoms with E-state index in [1.54, 1.807) is 6.07 Å². The average molecular weight is 325 g/mol. The molecule has 2 nitrogen and oxygen atoms in total. The van der Waals surface area contributed by atoms with E-state index in [1.807, 2.05) is 6.92 Å². The van der Waals surface area contributed by atoms with E-state index in [9.17, 15) is 13.2 Å². The van der Waals surface area contributed by atoms with Gasteiger partial charge in [-0.2, -0.15) is 13.2 Å². The Morgan fingerprint density at radius 3 is 2.44 bits per heavy atom. The summed E-state index contributed by atoms with van der Waals surface area (Å²) in [5.74, 6) is 0. The summed E-state index contributed by atoms with van der Waals surface area (Å²) < 4.78 is 38.0. The highest BCUT2D eigenvalue weighted by Crippen LogP contribution is 2.35. The van der Waals surface area contributed by atoms with Crippen LogP contribution in [0.3, 0.4) is 0 Å². The minimum atomic E-state index is -4.32. The molecule has 0 saturated carbocycles. The topological polar surface area (TPSA) is 24.1 Å². The fourth-order valence-electron chi connectivity index (χ4n) is 1.49. The van der Waals surface area contributed by atoms with Crippen LogP contribution >= 0.6 is 15.9 Å². The van der Waals surface area contributed by atoms with Gasteiger partial charge in [0, 0.05) is 24.1 Å². The fourth-order valence-corrected chi connectivity index (χ4v) is 1.96. The van der Waals surface area contributed by atoms with Crippen molar-refractivity contribution >= 4 is 15.9 Å². The van der Waals surface area contributed by atoms with Crippen LogP contribution in [0.2, 0.25) is 0 Å². The van der Waals surface area contributed by atoms with Crippen molar-refractivity contribution in [1.82, 2.24) is 10.6 Å². The van der Waals surface area contributed by atoms with E-state index in [2.05, 4.69) is 26.6 Å². The maximum Gasteiger partial charge on any atom is 0.417 e. The Morgan fingerprint density at radius 2 is 1.83 bits per heavy atom. The van der Waals surface area contributed by atoms with Crippen LogP contribution in [-0.2, 0) is 12.7 Å². The fraction of sp³-hybridized carbons (Fsp3) is 0.500. The number of alkyl halides is 3. The molecule has 18 heavy (non-hydrogen) atoms. The summed E-state index contributed by atoms with van der Waals surface area (Å²) in [6.07, 6.45) is -4.32. The second-order valence-corrected chi connectivity index (χ2v) is 4.70. The Hall–Kier alpha value is -0.590. The number of nitrogens with one attached hydrogen (secondary N) is 2. The van der Waals surface area contributed by atoms with Crippen molar-refractivity contribution in [3.05, 3.63) is 33.8 Å². The van der Waals surface area contributed by atoms with Gasteiger partial charge in [0.2, 0.25) is 0 Å². The minimum absolute atomic E-state index is 0.0754. The van der Waals surface area contributed by atoms with Gasteiger partial charge < -0.3 is 10.6 Å². The quantitative estimate of drug-likeness (QED) is 0.785. The summed E-state index contributed by atoms with van der Waals surface area (Å²) in [6.45, 7) is 4.86. The Bertz CT molecular complexity index is 380. The second-order valence-electron chi connectivity index (χ2n) is 3.84. The van der Waals surface area contributed by atoms with Crippen molar-refractivity contribution < 1.29 is 13.2 Å². The van der Waals surface area contributed by atoms with Crippen molar-refractivity contribution in [3.63, 3.8) is 0 Å². The highest BCUT2D eigenvalue weighted by Gasteiger charge is 2.32. The van der Waals surface area contributed by atoms with Crippen molar-refractivity contribution in [1.29, 1.82) is 0 Å². The number of benzene rings is 1. The third-order valence-corrected chi connectivity index (χ3v) is 3.09. The molecule has 102 valence electrons. The molecule has 0 aliphatic carbocycles. The number of hydrogen-bond acceptors (Lipinski definition) is 2. The van der Waals surface area contributed by atoms with E-state index in [4.69, 9.17) is 0 Å². The molecule has 0 amide bonds. The van der Waals surface area contributed by atoms with E-state index in [1.165, 1.54) is 12.1 Å². The third-order valence-electron chi connectivity index (χ3n) is 2.39. The monoisotopic (exact) mass is 324 g/mol. The summed E-state index contributed by atoms with van der Waals surface area (Å²) in [6, 6.07) is 4.29. The Balaban J connectivity index is 2.57. The molecule has 0 aliphatic rings. The molecule has 0 unspecified atom stereocenters. The van der Waals surface area contributed by atoms with E-state index < -0.39 is 11.7 Å². The SMILES string of the molecule is CCNCCNCc1ccc(Br)c(C(F)(F)F)c1. The molecule has 0 atom stereocenters. The Labute approximate surface area is 113 Å². The summed E-state index contributed by atoms with van der Waals surface area (Å²) in [4.78, 5) is 0. The van der Waals surface area contributed by atoms with Gasteiger partial charge in [-0.3, -0.25) is 0 Å². The highest BCUT2D eigenvalue weighted by molar-refractivity contribution is 9.10. The van der Waals surface area contributed by atoms with E-state index >= 15 is 0 Å². The summed E-state index contributed by atoms with van der Waals surface area (Å²) in [7, 11) is 0. The first-order valence-electron chi connectivity index (χ1n) is 5.72. The first-order chi connectivity index (χ1) is 8.45. The van der Waals surface area contributed by atoms with Gasteiger partial charge in [-0.15, -0.1) is 0 Å². The normalized spacial score (nSPS) is 11.8. The molecule has 0 spiro atoms. The van der Waals surface area contributed by atoms with E-state index in [-0.39, 0.29) is 4.47 Å². The molecule has 1 aromatic rings. The molecule has 6 heteroatoms. The van der Waals surface area contributed by atoms with Gasteiger partial charge in [-0.25, -0.2) is 0 Å². The molecule has 1 aromatic carbocycles. The van der Waals surface area contributed by atoms with E-state index in [0.717, 1.165) is 19.6 Å². The van der Waals surface area contributed by atoms with Gasteiger partial charge in [0.05, 0.1) is 5.56 Å². The van der Waals surface area contributed by atoms with Crippen LogP contribution in [0.5, 0.6) is 0 Å². The van der Waals surface area contributed by atoms with Crippen molar-refractivity contribution in [2.24, 2.45) is 0 Å². The molecule has 1 rings (SSSR count). The zero-order valence-electron chi connectivity index (χ0n) is 10.1. The number of hydrogen-bond donors (Lipinski definition) is 2. The average Bonchev–Trinajstić information content (AvgIpc) is 2.29. The lowest BCUT2D eigenvalue weighted by Gasteiger charge is -2.11. The summed E-state index contributed by atoms with van der Waals surface area (Å²) in [5.41, 5.74) is -0.00416. The van der Waals surface area contributed by atoms with Crippen molar-refractivity contribution in [2.45, 2.75) is 19.6 Å². The molecule has 0 aromatic heterocycles. The molecule has 0 heterocycles. The van der Waals surface area contributed by atoms with Gasteiger partial charge in [0.1, 0.15) is 0 Å². The second kappa shape index (κ2) is 7.11. The molecule has 0 fully saturated rings. The van der Waals surface area contributed by atoms with Gasteiger partial charge in [-0.1, -0.05) is 28.9 Å². The van der Waals surface area contributed by atoms with Crippen molar-refractivity contribution in [2.75, 3.05) is 19.6 Å². The number of likely N-dealkylation sites (N-methyl/N-ethyl adjacent to an activating group) is 1. The van der Waals surface area contributed by atoms with Gasteiger partial charge >= 0.3 is 6.18 Å². The molecule has 0 bridgehead atoms. The predicted octanol–water partition coefficient (Wildman–Crippen LogP) is 3.17. The van der Waals surface area contributed by atoms with Gasteiger partial charge in [-0.05, 0) is 24.2 Å². The summed E-state index contributed by atoms with van der Waals surface area (Å²) in [5, 5.41) is 6.22. The van der Waals surface area contributed by atoms with Crippen LogP contribution in [0.15, 0.2) is 22.7 Å². The lowest BCUT2D eigenvalue weighted by atomic mass is 10.1. The largest absolute Gasteiger partial charge is 0.417 e. The van der Waals surface area contributed by atoms with Crippen LogP contribution in [-0.4, -0.2) is 19.6 Å². The van der Waals surface area contributed by atoms with Gasteiger partial charge in [0.25, 0.3) is 0 Å². The molecular weight excluding hydrogens is 309 g/mol. The van der Waals surface area contributed by atoms with Crippen LogP contribution in [0.25, 0.3) is 0 Å². The smallest absolute Gasteiger partial charge is 0.316 e. The Morgan fingerprint density at radius 1 is 1.17 bits per heavy atom. The highest BCUT2D eigenvalue weighted by atomic mass is 79.9. The van der Waals surface area contributed by atoms with Crippen LogP contribution in [0, 0.1) is 0 Å². The van der Waals surface area contributed by atoms with Crippen LogP contribution in [0.1, 0.15) is 18.1 Å². The molecule has 2 N–H and O–H groups in total. The lowest BCUT2D eigenvalue weighted by Crippen LogP contribution is -2.26. The Kier molecular flexibility index (Phi) is 6.11. The maximum atomic E-state index is 12.7. The first-order valence-corrected chi connectivity index (χ1v) is 6.51. The standard InChI is InChI=1S/C12H16BrF3N2/c1-2-17-5-6-18-8-9-3-4-11(13)10(7-9)12(14,15)16/h3-4,7,17-18H,2,5-6,8H2,1H3. The maximum absolute atomic E-state index is 12.7. The summed E-state index contributed by atoms with van der Waals surface area (Å²) >= 11 is 2.92. The molecule has 0 radical (unpaired) electrons. The molecule has 0 saturated heterocycles. The predicted molar refractivity (Wildman–Crippen MR) is 69.4 cm³/mol. The zero-order valence-corrected chi connectivity index (χ0v) is 11.7. The molecular formula is C12H16BrF3N2. The van der Waals surface area contributed by atoms with Crippen molar-refractivity contribution in [3.8, 4) is 0 Å². The van der Waals surface area contributed by atoms with E-state index in [0.29, 0.717) is 12.1 Å². The number of rotatable bonds is 6.